The maximum atomic E-state index is 11.5. The molecule has 0 bridgehead atoms. The Kier molecular flexibility index (Phi) is 4.43. The highest BCUT2D eigenvalue weighted by Crippen LogP contribution is 2.16. The number of ketones is 1. The Balaban J connectivity index is 2.10. The summed E-state index contributed by atoms with van der Waals surface area (Å²) in [6.07, 6.45) is 4.82. The van der Waals surface area contributed by atoms with Crippen LogP contribution in [0.1, 0.15) is 46.0 Å². The zero-order chi connectivity index (χ0) is 9.68. The Labute approximate surface area is 80.7 Å². The number of rotatable bonds is 5. The molecule has 1 rings (SSSR count). The third kappa shape index (κ3) is 3.90. The van der Waals surface area contributed by atoms with E-state index in [0.29, 0.717) is 18.1 Å². The van der Waals surface area contributed by atoms with Gasteiger partial charge < -0.3 is 4.74 Å². The molecule has 0 radical (unpaired) electrons. The number of carbonyl (C=O) groups is 1. The summed E-state index contributed by atoms with van der Waals surface area (Å²) in [5.74, 6) is 1.02. The summed E-state index contributed by atoms with van der Waals surface area (Å²) >= 11 is 0. The molecular formula is C11H20O2. The van der Waals surface area contributed by atoms with E-state index in [-0.39, 0.29) is 6.10 Å². The fourth-order valence-corrected chi connectivity index (χ4v) is 1.68. The van der Waals surface area contributed by atoms with Crippen molar-refractivity contribution in [1.29, 1.82) is 0 Å². The van der Waals surface area contributed by atoms with Crippen molar-refractivity contribution in [2.75, 3.05) is 6.61 Å². The maximum absolute atomic E-state index is 11.5. The monoisotopic (exact) mass is 184 g/mol. The fourth-order valence-electron chi connectivity index (χ4n) is 1.68. The van der Waals surface area contributed by atoms with Crippen molar-refractivity contribution in [3.05, 3.63) is 0 Å². The van der Waals surface area contributed by atoms with Crippen molar-refractivity contribution in [3.63, 3.8) is 0 Å². The second kappa shape index (κ2) is 5.38. The third-order valence-corrected chi connectivity index (χ3v) is 2.49. The van der Waals surface area contributed by atoms with Crippen LogP contribution in [0, 0.1) is 5.92 Å². The van der Waals surface area contributed by atoms with Gasteiger partial charge in [0.05, 0.1) is 0 Å². The van der Waals surface area contributed by atoms with Crippen LogP contribution >= 0.6 is 0 Å². The van der Waals surface area contributed by atoms with Crippen LogP contribution in [-0.4, -0.2) is 18.5 Å². The maximum Gasteiger partial charge on any atom is 0.161 e. The van der Waals surface area contributed by atoms with Crippen LogP contribution in [0.2, 0.25) is 0 Å². The van der Waals surface area contributed by atoms with Crippen molar-refractivity contribution in [2.45, 2.75) is 52.1 Å². The molecule has 0 saturated carbocycles. The molecule has 0 aliphatic carbocycles. The summed E-state index contributed by atoms with van der Waals surface area (Å²) in [7, 11) is 0. The Morgan fingerprint density at radius 1 is 1.54 bits per heavy atom. The molecule has 2 heteroatoms. The molecule has 1 saturated heterocycles. The summed E-state index contributed by atoms with van der Waals surface area (Å²) in [6, 6.07) is 0. The number of hydrogen-bond acceptors (Lipinski definition) is 2. The van der Waals surface area contributed by atoms with Crippen molar-refractivity contribution < 1.29 is 9.53 Å². The van der Waals surface area contributed by atoms with E-state index in [2.05, 4.69) is 13.8 Å². The van der Waals surface area contributed by atoms with Gasteiger partial charge in [-0.25, -0.2) is 0 Å². The lowest BCUT2D eigenvalue weighted by molar-refractivity contribution is -0.127. The minimum absolute atomic E-state index is 0.0628. The van der Waals surface area contributed by atoms with Crippen LogP contribution < -0.4 is 0 Å². The summed E-state index contributed by atoms with van der Waals surface area (Å²) in [5, 5.41) is 0. The zero-order valence-corrected chi connectivity index (χ0v) is 8.71. The summed E-state index contributed by atoms with van der Waals surface area (Å²) in [4.78, 5) is 11.5. The standard InChI is InChI=1S/C11H20O2/c1-9(2)5-3-6-10(12)11-7-4-8-13-11/h9,11H,3-8H2,1-2H3. The van der Waals surface area contributed by atoms with Gasteiger partial charge in [-0.2, -0.15) is 0 Å². The lowest BCUT2D eigenvalue weighted by Gasteiger charge is -2.08. The first-order valence-electron chi connectivity index (χ1n) is 5.34. The normalized spacial score (nSPS) is 22.5. The second-order valence-electron chi connectivity index (χ2n) is 4.25. The lowest BCUT2D eigenvalue weighted by Crippen LogP contribution is -2.18. The second-order valence-corrected chi connectivity index (χ2v) is 4.25. The van der Waals surface area contributed by atoms with Crippen LogP contribution in [0.5, 0.6) is 0 Å². The van der Waals surface area contributed by atoms with Crippen molar-refractivity contribution in [3.8, 4) is 0 Å². The smallest absolute Gasteiger partial charge is 0.161 e. The van der Waals surface area contributed by atoms with Crippen LogP contribution in [0.15, 0.2) is 0 Å². The highest BCUT2D eigenvalue weighted by atomic mass is 16.5. The van der Waals surface area contributed by atoms with E-state index in [1.165, 1.54) is 0 Å². The van der Waals surface area contributed by atoms with Gasteiger partial charge in [0, 0.05) is 13.0 Å². The molecule has 76 valence electrons. The Morgan fingerprint density at radius 2 is 2.31 bits per heavy atom. The fraction of sp³-hybridized carbons (Fsp3) is 0.909. The molecule has 1 unspecified atom stereocenters. The minimum atomic E-state index is -0.0628. The van der Waals surface area contributed by atoms with Gasteiger partial charge in [-0.1, -0.05) is 20.3 Å². The van der Waals surface area contributed by atoms with E-state index in [4.69, 9.17) is 4.74 Å². The molecule has 0 aromatic heterocycles. The van der Waals surface area contributed by atoms with E-state index in [9.17, 15) is 4.79 Å². The van der Waals surface area contributed by atoms with Gasteiger partial charge in [-0.05, 0) is 25.2 Å². The van der Waals surface area contributed by atoms with Crippen LogP contribution in [0.4, 0.5) is 0 Å². The topological polar surface area (TPSA) is 26.3 Å². The molecule has 0 spiro atoms. The first-order chi connectivity index (χ1) is 6.20. The van der Waals surface area contributed by atoms with Crippen LogP contribution in [-0.2, 0) is 9.53 Å². The van der Waals surface area contributed by atoms with Gasteiger partial charge in [0.15, 0.2) is 5.78 Å². The van der Waals surface area contributed by atoms with Gasteiger partial charge >= 0.3 is 0 Å². The van der Waals surface area contributed by atoms with E-state index >= 15 is 0 Å². The highest BCUT2D eigenvalue weighted by Gasteiger charge is 2.22. The van der Waals surface area contributed by atoms with E-state index < -0.39 is 0 Å². The zero-order valence-electron chi connectivity index (χ0n) is 8.71. The van der Waals surface area contributed by atoms with Gasteiger partial charge in [0.2, 0.25) is 0 Å². The SMILES string of the molecule is CC(C)CCCC(=O)C1CCCO1. The third-order valence-electron chi connectivity index (χ3n) is 2.49. The van der Waals surface area contributed by atoms with Gasteiger partial charge in [0.25, 0.3) is 0 Å². The molecule has 1 heterocycles. The average Bonchev–Trinajstić information content (AvgIpc) is 2.55. The largest absolute Gasteiger partial charge is 0.370 e. The van der Waals surface area contributed by atoms with Crippen LogP contribution in [0.3, 0.4) is 0 Å². The predicted octanol–water partition coefficient (Wildman–Crippen LogP) is 2.56. The molecule has 1 atom stereocenters. The highest BCUT2D eigenvalue weighted by molar-refractivity contribution is 5.83. The predicted molar refractivity (Wildman–Crippen MR) is 52.7 cm³/mol. The molecule has 0 N–H and O–H groups in total. The molecule has 0 amide bonds. The number of ether oxygens (including phenoxy) is 1. The molecule has 13 heavy (non-hydrogen) atoms. The summed E-state index contributed by atoms with van der Waals surface area (Å²) in [6.45, 7) is 5.16. The Morgan fingerprint density at radius 3 is 2.85 bits per heavy atom. The molecule has 1 aliphatic rings. The van der Waals surface area contributed by atoms with Crippen molar-refractivity contribution in [1.82, 2.24) is 0 Å². The van der Waals surface area contributed by atoms with E-state index in [1.54, 1.807) is 0 Å². The van der Waals surface area contributed by atoms with Gasteiger partial charge in [0.1, 0.15) is 6.10 Å². The first-order valence-corrected chi connectivity index (χ1v) is 5.34. The molecular weight excluding hydrogens is 164 g/mol. The lowest BCUT2D eigenvalue weighted by atomic mass is 10.0. The quantitative estimate of drug-likeness (QED) is 0.656. The van der Waals surface area contributed by atoms with E-state index in [1.807, 2.05) is 0 Å². The average molecular weight is 184 g/mol. The van der Waals surface area contributed by atoms with Crippen molar-refractivity contribution in [2.24, 2.45) is 5.92 Å². The number of Topliss-reactive ketones (excluding diaryl/α,β-unsaturated/α-hetero) is 1. The van der Waals surface area contributed by atoms with Crippen LogP contribution in [0.25, 0.3) is 0 Å². The molecule has 0 aromatic carbocycles. The minimum Gasteiger partial charge on any atom is -0.370 e. The Hall–Kier alpha value is -0.370. The molecule has 0 aromatic rings. The van der Waals surface area contributed by atoms with E-state index in [0.717, 1.165) is 32.3 Å². The molecule has 1 fully saturated rings. The summed E-state index contributed by atoms with van der Waals surface area (Å²) < 4.78 is 5.32. The number of carbonyl (C=O) groups excluding carboxylic acids is 1. The Bertz CT molecular complexity index is 157. The first kappa shape index (κ1) is 10.7. The summed E-state index contributed by atoms with van der Waals surface area (Å²) in [5.41, 5.74) is 0. The van der Waals surface area contributed by atoms with Gasteiger partial charge in [-0.3, -0.25) is 4.79 Å². The van der Waals surface area contributed by atoms with Gasteiger partial charge in [-0.15, -0.1) is 0 Å². The van der Waals surface area contributed by atoms with Crippen molar-refractivity contribution >= 4 is 5.78 Å². The molecule has 2 nitrogen and oxygen atoms in total. The molecule has 1 aliphatic heterocycles. The number of hydrogen-bond donors (Lipinski definition) is 0.